The third-order valence-electron chi connectivity index (χ3n) is 4.06. The van der Waals surface area contributed by atoms with Gasteiger partial charge in [-0.05, 0) is 65.4 Å². The van der Waals surface area contributed by atoms with Gasteiger partial charge < -0.3 is 4.74 Å². The molecule has 3 aromatic carbocycles. The second kappa shape index (κ2) is 6.50. The van der Waals surface area contributed by atoms with Gasteiger partial charge in [0.15, 0.2) is 0 Å². The molecule has 0 saturated carbocycles. The lowest BCUT2D eigenvalue weighted by Gasteiger charge is -2.06. The molecule has 0 radical (unpaired) electrons. The van der Waals surface area contributed by atoms with Crippen molar-refractivity contribution in [2.75, 3.05) is 0 Å². The predicted octanol–water partition coefficient (Wildman–Crippen LogP) is 6.46. The summed E-state index contributed by atoms with van der Waals surface area (Å²) in [5.41, 5.74) is 3.72. The van der Waals surface area contributed by atoms with Crippen LogP contribution in [0.4, 0.5) is 0 Å². The second-order valence-electron chi connectivity index (χ2n) is 5.95. The van der Waals surface area contributed by atoms with Crippen LogP contribution in [0, 0.1) is 6.92 Å². The van der Waals surface area contributed by atoms with Crippen molar-refractivity contribution in [2.45, 2.75) is 13.5 Å². The van der Waals surface area contributed by atoms with Crippen molar-refractivity contribution in [1.29, 1.82) is 0 Å². The summed E-state index contributed by atoms with van der Waals surface area (Å²) < 4.78 is 7.20. The molecule has 0 N–H and O–H groups in total. The average molecular weight is 330 g/mol. The molecule has 4 rings (SSSR count). The molecule has 4 aromatic rings. The number of thiophene rings is 1. The zero-order valence-corrected chi connectivity index (χ0v) is 14.3. The quantitative estimate of drug-likeness (QED) is 0.417. The van der Waals surface area contributed by atoms with Crippen LogP contribution in [0.2, 0.25) is 0 Å². The number of benzene rings is 3. The van der Waals surface area contributed by atoms with Gasteiger partial charge in [0.25, 0.3) is 0 Å². The molecule has 0 atom stereocenters. The van der Waals surface area contributed by atoms with Crippen LogP contribution in [0.1, 0.15) is 11.1 Å². The molecule has 0 amide bonds. The number of fused-ring (bicyclic) bond motifs is 1. The average Bonchev–Trinajstić information content (AvgIpc) is 3.04. The summed E-state index contributed by atoms with van der Waals surface area (Å²) in [6, 6.07) is 27.5. The van der Waals surface area contributed by atoms with E-state index >= 15 is 0 Å². The number of hydrogen-bond donors (Lipinski definition) is 0. The summed E-state index contributed by atoms with van der Waals surface area (Å²) >= 11 is 1.84. The van der Waals surface area contributed by atoms with Crippen LogP contribution in [0.25, 0.3) is 20.5 Å². The lowest BCUT2D eigenvalue weighted by Crippen LogP contribution is -1.94. The van der Waals surface area contributed by atoms with Gasteiger partial charge in [-0.15, -0.1) is 11.3 Å². The molecule has 2 heteroatoms. The lowest BCUT2D eigenvalue weighted by molar-refractivity contribution is 0.306. The first-order valence-corrected chi connectivity index (χ1v) is 8.87. The molecule has 0 aliphatic rings. The van der Waals surface area contributed by atoms with E-state index in [1.54, 1.807) is 0 Å². The normalized spacial score (nSPS) is 10.9. The van der Waals surface area contributed by atoms with E-state index in [1.165, 1.54) is 31.7 Å². The molecule has 1 aromatic heterocycles. The third-order valence-corrected chi connectivity index (χ3v) is 5.21. The van der Waals surface area contributed by atoms with Crippen LogP contribution in [-0.2, 0) is 6.61 Å². The molecule has 1 nitrogen and oxygen atoms in total. The second-order valence-corrected chi connectivity index (χ2v) is 7.03. The Morgan fingerprint density at radius 1 is 0.833 bits per heavy atom. The smallest absolute Gasteiger partial charge is 0.119 e. The summed E-state index contributed by atoms with van der Waals surface area (Å²) in [7, 11) is 0. The molecule has 0 unspecified atom stereocenters. The maximum Gasteiger partial charge on any atom is 0.119 e. The Hall–Kier alpha value is -2.58. The van der Waals surface area contributed by atoms with Crippen molar-refractivity contribution in [3.05, 3.63) is 90.0 Å². The highest BCUT2D eigenvalue weighted by atomic mass is 32.1. The van der Waals surface area contributed by atoms with Crippen molar-refractivity contribution in [3.8, 4) is 16.2 Å². The van der Waals surface area contributed by atoms with Gasteiger partial charge in [0.2, 0.25) is 0 Å². The van der Waals surface area contributed by atoms with Crippen LogP contribution in [0.5, 0.6) is 5.75 Å². The molecule has 0 bridgehead atoms. The van der Waals surface area contributed by atoms with Gasteiger partial charge in [-0.3, -0.25) is 0 Å². The molecule has 0 spiro atoms. The van der Waals surface area contributed by atoms with Gasteiger partial charge in [-0.25, -0.2) is 0 Å². The molecule has 0 aliphatic carbocycles. The van der Waals surface area contributed by atoms with Gasteiger partial charge in [0.1, 0.15) is 12.4 Å². The highest BCUT2D eigenvalue weighted by Gasteiger charge is 2.05. The molecule has 1 heterocycles. The van der Waals surface area contributed by atoms with Gasteiger partial charge >= 0.3 is 0 Å². The predicted molar refractivity (Wildman–Crippen MR) is 103 cm³/mol. The van der Waals surface area contributed by atoms with Crippen molar-refractivity contribution in [1.82, 2.24) is 0 Å². The van der Waals surface area contributed by atoms with Crippen molar-refractivity contribution in [3.63, 3.8) is 0 Å². The van der Waals surface area contributed by atoms with Crippen molar-refractivity contribution >= 4 is 21.4 Å². The Morgan fingerprint density at radius 3 is 2.42 bits per heavy atom. The third kappa shape index (κ3) is 3.19. The minimum Gasteiger partial charge on any atom is -0.489 e. The van der Waals surface area contributed by atoms with Gasteiger partial charge in [0, 0.05) is 9.58 Å². The van der Waals surface area contributed by atoms with Gasteiger partial charge in [-0.2, -0.15) is 0 Å². The minimum absolute atomic E-state index is 0.600. The summed E-state index contributed by atoms with van der Waals surface area (Å²) in [6.45, 7) is 2.74. The monoisotopic (exact) mass is 330 g/mol. The number of rotatable bonds is 4. The topological polar surface area (TPSA) is 9.23 Å². The van der Waals surface area contributed by atoms with E-state index in [4.69, 9.17) is 4.74 Å². The van der Waals surface area contributed by atoms with E-state index in [0.29, 0.717) is 6.61 Å². The van der Waals surface area contributed by atoms with E-state index in [1.807, 2.05) is 41.7 Å². The molecule has 0 saturated heterocycles. The Morgan fingerprint density at radius 2 is 1.62 bits per heavy atom. The first kappa shape index (κ1) is 15.0. The fraction of sp³-hybridized carbons (Fsp3) is 0.0909. The van der Waals surface area contributed by atoms with Gasteiger partial charge in [0.05, 0.1) is 0 Å². The van der Waals surface area contributed by atoms with Crippen LogP contribution >= 0.6 is 11.3 Å². The van der Waals surface area contributed by atoms with E-state index in [-0.39, 0.29) is 0 Å². The van der Waals surface area contributed by atoms with Gasteiger partial charge in [-0.1, -0.05) is 42.5 Å². The minimum atomic E-state index is 0.600. The number of aryl methyl sites for hydroxylation is 1. The maximum atomic E-state index is 5.86. The first-order valence-electron chi connectivity index (χ1n) is 8.05. The Labute approximate surface area is 146 Å². The molecule has 24 heavy (non-hydrogen) atoms. The largest absolute Gasteiger partial charge is 0.489 e. The fourth-order valence-corrected chi connectivity index (χ4v) is 3.90. The summed E-state index contributed by atoms with van der Waals surface area (Å²) in [5.74, 6) is 0.902. The lowest BCUT2D eigenvalue weighted by atomic mass is 10.1. The zero-order valence-electron chi connectivity index (χ0n) is 13.5. The number of ether oxygens (including phenoxy) is 1. The summed E-state index contributed by atoms with van der Waals surface area (Å²) in [4.78, 5) is 1.30. The SMILES string of the molecule is Cc1ccc2cc(-c3ccc(OCc4ccccc4)cc3)sc2c1. The van der Waals surface area contributed by atoms with Crippen molar-refractivity contribution in [2.24, 2.45) is 0 Å². The molecule has 0 aliphatic heterocycles. The van der Waals surface area contributed by atoms with E-state index in [9.17, 15) is 0 Å². The molecule has 0 fully saturated rings. The van der Waals surface area contributed by atoms with Crippen LogP contribution in [0.3, 0.4) is 0 Å². The maximum absolute atomic E-state index is 5.86. The van der Waals surface area contributed by atoms with E-state index in [2.05, 4.69) is 55.5 Å². The molecular weight excluding hydrogens is 312 g/mol. The molecule has 118 valence electrons. The Bertz CT molecular complexity index is 952. The van der Waals surface area contributed by atoms with Crippen LogP contribution in [-0.4, -0.2) is 0 Å². The first-order chi connectivity index (χ1) is 11.8. The van der Waals surface area contributed by atoms with Crippen LogP contribution < -0.4 is 4.74 Å². The highest BCUT2D eigenvalue weighted by molar-refractivity contribution is 7.22. The number of hydrogen-bond acceptors (Lipinski definition) is 2. The Kier molecular flexibility index (Phi) is 4.06. The molecular formula is C22H18OS. The van der Waals surface area contributed by atoms with Crippen molar-refractivity contribution < 1.29 is 4.74 Å². The van der Waals surface area contributed by atoms with E-state index < -0.39 is 0 Å². The summed E-state index contributed by atoms with van der Waals surface area (Å²) in [5, 5.41) is 1.31. The van der Waals surface area contributed by atoms with Crippen LogP contribution in [0.15, 0.2) is 78.9 Å². The fourth-order valence-electron chi connectivity index (χ4n) is 2.74. The zero-order chi connectivity index (χ0) is 16.4. The Balaban J connectivity index is 1.52. The highest BCUT2D eigenvalue weighted by Crippen LogP contribution is 2.34. The summed E-state index contributed by atoms with van der Waals surface area (Å²) in [6.07, 6.45) is 0. The van der Waals surface area contributed by atoms with E-state index in [0.717, 1.165) is 5.75 Å². The standard InChI is InChI=1S/C22H18OS/c1-16-7-8-19-14-22(24-21(19)13-16)18-9-11-20(12-10-18)23-15-17-5-3-2-4-6-17/h2-14H,15H2,1H3.